The van der Waals surface area contributed by atoms with E-state index in [2.05, 4.69) is 11.4 Å². The lowest BCUT2D eigenvalue weighted by Crippen LogP contribution is -2.46. The number of nitrogens with one attached hydrogen (secondary N) is 1. The van der Waals surface area contributed by atoms with Crippen LogP contribution in [-0.2, 0) is 17.6 Å². The molecule has 2 N–H and O–H groups in total. The Morgan fingerprint density at radius 1 is 1.40 bits per heavy atom. The van der Waals surface area contributed by atoms with Crippen LogP contribution in [0.15, 0.2) is 24.3 Å². The van der Waals surface area contributed by atoms with Gasteiger partial charge in [-0.3, -0.25) is 4.79 Å². The first-order valence-electron chi connectivity index (χ1n) is 6.90. The fourth-order valence-electron chi connectivity index (χ4n) is 2.12. The van der Waals surface area contributed by atoms with Crippen LogP contribution in [0.3, 0.4) is 0 Å². The Hall–Kier alpha value is -1.86. The van der Waals surface area contributed by atoms with Crippen molar-refractivity contribution in [3.05, 3.63) is 35.4 Å². The van der Waals surface area contributed by atoms with Crippen LogP contribution < -0.4 is 5.32 Å². The zero-order chi connectivity index (χ0) is 15.0. The van der Waals surface area contributed by atoms with E-state index in [1.807, 2.05) is 38.1 Å². The summed E-state index contributed by atoms with van der Waals surface area (Å²) in [6.45, 7) is 3.97. The largest absolute Gasteiger partial charge is 0.396 e. The van der Waals surface area contributed by atoms with E-state index >= 15 is 0 Å². The van der Waals surface area contributed by atoms with E-state index in [0.29, 0.717) is 12.8 Å². The highest BCUT2D eigenvalue weighted by Gasteiger charge is 2.23. The predicted octanol–water partition coefficient (Wildman–Crippen LogP) is 1.96. The molecule has 0 aliphatic carbocycles. The highest BCUT2D eigenvalue weighted by atomic mass is 16.3. The summed E-state index contributed by atoms with van der Waals surface area (Å²) < 4.78 is 0. The molecule has 1 atom stereocenters. The number of aliphatic hydroxyl groups is 1. The predicted molar refractivity (Wildman–Crippen MR) is 78.0 cm³/mol. The first kappa shape index (κ1) is 16.2. The number of hydrogen-bond donors (Lipinski definition) is 2. The van der Waals surface area contributed by atoms with E-state index in [1.165, 1.54) is 0 Å². The molecule has 1 amide bonds. The lowest BCUT2D eigenvalue weighted by Gasteiger charge is -2.29. The van der Waals surface area contributed by atoms with E-state index < -0.39 is 0 Å². The number of aliphatic hydroxyl groups excluding tert-OH is 1. The molecule has 0 saturated carbocycles. The monoisotopic (exact) mass is 274 g/mol. The number of rotatable bonds is 7. The summed E-state index contributed by atoms with van der Waals surface area (Å²) in [6.07, 6.45) is 1.87. The van der Waals surface area contributed by atoms with Gasteiger partial charge in [0, 0.05) is 12.1 Å². The maximum atomic E-state index is 12.1. The number of nitrogens with zero attached hydrogens (tertiary/aromatic N) is 1. The Kier molecular flexibility index (Phi) is 6.20. The molecule has 0 spiro atoms. The number of benzene rings is 1. The average molecular weight is 274 g/mol. The van der Waals surface area contributed by atoms with Gasteiger partial charge < -0.3 is 10.4 Å². The Morgan fingerprint density at radius 3 is 2.60 bits per heavy atom. The van der Waals surface area contributed by atoms with Gasteiger partial charge in [0.1, 0.15) is 0 Å². The van der Waals surface area contributed by atoms with Crippen LogP contribution in [0.5, 0.6) is 0 Å². The van der Waals surface area contributed by atoms with Crippen molar-refractivity contribution in [1.82, 2.24) is 5.32 Å². The number of hydrogen-bond acceptors (Lipinski definition) is 3. The zero-order valence-electron chi connectivity index (χ0n) is 12.1. The van der Waals surface area contributed by atoms with Crippen molar-refractivity contribution in [1.29, 1.82) is 5.26 Å². The molecule has 0 aliphatic rings. The Bertz CT molecular complexity index is 493. The molecule has 0 radical (unpaired) electrons. The molecule has 1 rings (SSSR count). The highest BCUT2D eigenvalue weighted by Crippen LogP contribution is 2.15. The van der Waals surface area contributed by atoms with Crippen LogP contribution in [0.1, 0.15) is 37.8 Å². The lowest BCUT2D eigenvalue weighted by atomic mass is 9.94. The molecule has 1 aromatic rings. The number of carbonyl (C=O) groups is 1. The van der Waals surface area contributed by atoms with E-state index in [9.17, 15) is 4.79 Å². The molecular formula is C16H22N2O2. The van der Waals surface area contributed by atoms with Crippen molar-refractivity contribution in [2.24, 2.45) is 0 Å². The fraction of sp³-hybridized carbons (Fsp3) is 0.500. The minimum atomic E-state index is -0.379. The SMILES string of the molecule is CCC(C)(CCO)NC(=O)Cc1ccccc1CC#N. The van der Waals surface area contributed by atoms with E-state index in [4.69, 9.17) is 10.4 Å². The topological polar surface area (TPSA) is 73.1 Å². The van der Waals surface area contributed by atoms with Crippen LogP contribution >= 0.6 is 0 Å². The van der Waals surface area contributed by atoms with Gasteiger partial charge in [-0.1, -0.05) is 31.2 Å². The maximum Gasteiger partial charge on any atom is 0.224 e. The van der Waals surface area contributed by atoms with Crippen molar-refractivity contribution < 1.29 is 9.90 Å². The molecule has 1 aromatic carbocycles. The summed E-state index contributed by atoms with van der Waals surface area (Å²) in [5, 5.41) is 20.8. The molecule has 4 heteroatoms. The highest BCUT2D eigenvalue weighted by molar-refractivity contribution is 5.79. The van der Waals surface area contributed by atoms with Crippen LogP contribution in [0.2, 0.25) is 0 Å². The maximum absolute atomic E-state index is 12.1. The van der Waals surface area contributed by atoms with Gasteiger partial charge in [-0.05, 0) is 30.9 Å². The van der Waals surface area contributed by atoms with Gasteiger partial charge in [0.15, 0.2) is 0 Å². The molecule has 20 heavy (non-hydrogen) atoms. The van der Waals surface area contributed by atoms with Crippen LogP contribution in [0.25, 0.3) is 0 Å². The smallest absolute Gasteiger partial charge is 0.224 e. The van der Waals surface area contributed by atoms with Gasteiger partial charge >= 0.3 is 0 Å². The second kappa shape index (κ2) is 7.66. The van der Waals surface area contributed by atoms with Crippen molar-refractivity contribution >= 4 is 5.91 Å². The number of nitriles is 1. The molecule has 4 nitrogen and oxygen atoms in total. The molecule has 0 fully saturated rings. The zero-order valence-corrected chi connectivity index (χ0v) is 12.1. The van der Waals surface area contributed by atoms with Gasteiger partial charge in [-0.25, -0.2) is 0 Å². The van der Waals surface area contributed by atoms with Gasteiger partial charge in [0.2, 0.25) is 5.91 Å². The van der Waals surface area contributed by atoms with Crippen molar-refractivity contribution in [3.63, 3.8) is 0 Å². The van der Waals surface area contributed by atoms with Crippen LogP contribution in [-0.4, -0.2) is 23.2 Å². The Balaban J connectivity index is 2.74. The number of carbonyl (C=O) groups excluding carboxylic acids is 1. The Morgan fingerprint density at radius 2 is 2.05 bits per heavy atom. The molecule has 1 unspecified atom stereocenters. The third-order valence-corrected chi connectivity index (χ3v) is 3.62. The van der Waals surface area contributed by atoms with Gasteiger partial charge in [-0.15, -0.1) is 0 Å². The molecule has 0 aliphatic heterocycles. The second-order valence-electron chi connectivity index (χ2n) is 5.22. The summed E-state index contributed by atoms with van der Waals surface area (Å²) in [7, 11) is 0. The first-order chi connectivity index (χ1) is 9.54. The second-order valence-corrected chi connectivity index (χ2v) is 5.22. The Labute approximate surface area is 120 Å². The first-order valence-corrected chi connectivity index (χ1v) is 6.90. The minimum absolute atomic E-state index is 0.0512. The molecule has 0 saturated heterocycles. The standard InChI is InChI=1S/C16H22N2O2/c1-3-16(2,9-11-19)18-15(20)12-14-7-5-4-6-13(14)8-10-17/h4-7,19H,3,8-9,11-12H2,1-2H3,(H,18,20). The van der Waals surface area contributed by atoms with Gasteiger partial charge in [0.05, 0.1) is 18.9 Å². The fourth-order valence-corrected chi connectivity index (χ4v) is 2.12. The van der Waals surface area contributed by atoms with Gasteiger partial charge in [-0.2, -0.15) is 5.26 Å². The summed E-state index contributed by atoms with van der Waals surface area (Å²) >= 11 is 0. The molecule has 0 bridgehead atoms. The molecular weight excluding hydrogens is 252 g/mol. The van der Waals surface area contributed by atoms with E-state index in [0.717, 1.165) is 17.5 Å². The molecule has 0 heterocycles. The van der Waals surface area contributed by atoms with E-state index in [1.54, 1.807) is 0 Å². The lowest BCUT2D eigenvalue weighted by molar-refractivity contribution is -0.122. The van der Waals surface area contributed by atoms with Crippen molar-refractivity contribution in [3.8, 4) is 6.07 Å². The molecule has 0 aromatic heterocycles. The summed E-state index contributed by atoms with van der Waals surface area (Å²) in [6, 6.07) is 9.61. The van der Waals surface area contributed by atoms with Crippen molar-refractivity contribution in [2.45, 2.75) is 45.1 Å². The van der Waals surface area contributed by atoms with Gasteiger partial charge in [0.25, 0.3) is 0 Å². The normalized spacial score (nSPS) is 13.3. The van der Waals surface area contributed by atoms with E-state index in [-0.39, 0.29) is 24.5 Å². The summed E-state index contributed by atoms with van der Waals surface area (Å²) in [4.78, 5) is 12.1. The average Bonchev–Trinajstić information content (AvgIpc) is 2.41. The van der Waals surface area contributed by atoms with Crippen LogP contribution in [0.4, 0.5) is 0 Å². The quantitative estimate of drug-likeness (QED) is 0.798. The number of amides is 1. The third-order valence-electron chi connectivity index (χ3n) is 3.62. The molecule has 108 valence electrons. The van der Waals surface area contributed by atoms with Crippen molar-refractivity contribution in [2.75, 3.05) is 6.61 Å². The summed E-state index contributed by atoms with van der Waals surface area (Å²) in [5.41, 5.74) is 1.40. The summed E-state index contributed by atoms with van der Waals surface area (Å²) in [5.74, 6) is -0.0758. The minimum Gasteiger partial charge on any atom is -0.396 e. The third kappa shape index (κ3) is 4.67. The van der Waals surface area contributed by atoms with Crippen LogP contribution in [0, 0.1) is 11.3 Å².